The molecule has 7 heteroatoms. The van der Waals surface area contributed by atoms with E-state index < -0.39 is 0 Å². The van der Waals surface area contributed by atoms with Crippen LogP contribution in [0.2, 0.25) is 0 Å². The summed E-state index contributed by atoms with van der Waals surface area (Å²) >= 11 is 0. The van der Waals surface area contributed by atoms with E-state index in [1.54, 1.807) is 10.9 Å². The molecule has 0 amide bonds. The number of ether oxygens (including phenoxy) is 1. The van der Waals surface area contributed by atoms with Crippen LogP contribution in [0.15, 0.2) is 24.5 Å². The second-order valence-corrected chi connectivity index (χ2v) is 5.85. The molecule has 3 heterocycles. The Kier molecular flexibility index (Phi) is 3.42. The molecule has 0 aromatic carbocycles. The normalized spacial score (nSPS) is 25.0. The summed E-state index contributed by atoms with van der Waals surface area (Å²) in [5, 5.41) is 4.22. The lowest BCUT2D eigenvalue weighted by Crippen LogP contribution is -2.53. The average molecular weight is 300 g/mol. The number of rotatable bonds is 2. The van der Waals surface area contributed by atoms with Crippen molar-refractivity contribution in [3.63, 3.8) is 0 Å². The van der Waals surface area contributed by atoms with Gasteiger partial charge in [0, 0.05) is 25.0 Å². The molecule has 0 spiro atoms. The van der Waals surface area contributed by atoms with Crippen LogP contribution in [-0.2, 0) is 4.74 Å². The van der Waals surface area contributed by atoms with Gasteiger partial charge in [0.2, 0.25) is 5.95 Å². The zero-order chi connectivity index (χ0) is 14.9. The Bertz CT molecular complexity index is 641. The summed E-state index contributed by atoms with van der Waals surface area (Å²) < 4.78 is 7.64. The molecule has 22 heavy (non-hydrogen) atoms. The Labute approximate surface area is 129 Å². The number of hydrogen-bond donors (Lipinski definition) is 1. The topological polar surface area (TPSA) is 82.1 Å². The molecule has 7 nitrogen and oxygen atoms in total. The van der Waals surface area contributed by atoms with Gasteiger partial charge in [0.1, 0.15) is 5.82 Å². The van der Waals surface area contributed by atoms with Crippen molar-refractivity contribution in [2.24, 2.45) is 0 Å². The Balaban J connectivity index is 1.69. The molecule has 1 saturated heterocycles. The molecule has 2 fully saturated rings. The molecule has 0 radical (unpaired) electrons. The maximum absolute atomic E-state index is 5.93. The van der Waals surface area contributed by atoms with E-state index in [-0.39, 0.29) is 5.95 Å². The predicted molar refractivity (Wildman–Crippen MR) is 82.9 cm³/mol. The molecule has 1 aliphatic heterocycles. The number of morpholine rings is 1. The second-order valence-electron chi connectivity index (χ2n) is 5.85. The van der Waals surface area contributed by atoms with E-state index in [0.717, 1.165) is 31.8 Å². The Hall–Kier alpha value is -2.15. The van der Waals surface area contributed by atoms with E-state index in [9.17, 15) is 0 Å². The highest BCUT2D eigenvalue weighted by molar-refractivity contribution is 5.49. The quantitative estimate of drug-likeness (QED) is 0.902. The number of nitrogens with zero attached hydrogens (tertiary/aromatic N) is 5. The zero-order valence-corrected chi connectivity index (χ0v) is 12.4. The second kappa shape index (κ2) is 5.57. The molecule has 2 aromatic heterocycles. The minimum absolute atomic E-state index is 0.279. The average Bonchev–Trinajstić information content (AvgIpc) is 3.08. The van der Waals surface area contributed by atoms with Gasteiger partial charge in [-0.2, -0.15) is 15.1 Å². The van der Waals surface area contributed by atoms with Crippen molar-refractivity contribution in [1.29, 1.82) is 0 Å². The lowest BCUT2D eigenvalue weighted by molar-refractivity contribution is -0.00898. The van der Waals surface area contributed by atoms with Crippen molar-refractivity contribution in [3.8, 4) is 5.82 Å². The van der Waals surface area contributed by atoms with Crippen LogP contribution in [0.3, 0.4) is 0 Å². The van der Waals surface area contributed by atoms with Crippen LogP contribution in [0.4, 0.5) is 11.8 Å². The monoisotopic (exact) mass is 300 g/mol. The largest absolute Gasteiger partial charge is 0.374 e. The molecule has 2 aromatic rings. The van der Waals surface area contributed by atoms with Gasteiger partial charge in [-0.3, -0.25) is 0 Å². The summed E-state index contributed by atoms with van der Waals surface area (Å²) in [5.41, 5.74) is 5.92. The van der Waals surface area contributed by atoms with Crippen molar-refractivity contribution in [3.05, 3.63) is 24.5 Å². The number of aromatic nitrogens is 4. The Morgan fingerprint density at radius 3 is 2.91 bits per heavy atom. The van der Waals surface area contributed by atoms with Crippen molar-refractivity contribution in [2.45, 2.75) is 37.8 Å². The first-order chi connectivity index (χ1) is 10.8. The lowest BCUT2D eigenvalue weighted by atomic mass is 9.90. The molecule has 1 saturated carbocycles. The van der Waals surface area contributed by atoms with Crippen LogP contribution in [0.25, 0.3) is 5.82 Å². The highest BCUT2D eigenvalue weighted by Crippen LogP contribution is 2.31. The predicted octanol–water partition coefficient (Wildman–Crippen LogP) is 1.39. The molecule has 116 valence electrons. The van der Waals surface area contributed by atoms with Gasteiger partial charge < -0.3 is 15.4 Å². The first-order valence-electron chi connectivity index (χ1n) is 7.84. The summed E-state index contributed by atoms with van der Waals surface area (Å²) in [5.74, 6) is 1.85. The fourth-order valence-electron chi connectivity index (χ4n) is 3.49. The van der Waals surface area contributed by atoms with Gasteiger partial charge in [0.05, 0.1) is 18.8 Å². The number of hydrogen-bond acceptors (Lipinski definition) is 6. The van der Waals surface area contributed by atoms with Crippen LogP contribution in [0.1, 0.15) is 25.7 Å². The minimum atomic E-state index is 0.279. The molecular weight excluding hydrogens is 280 g/mol. The number of nitrogens with two attached hydrogens (primary N) is 1. The maximum Gasteiger partial charge on any atom is 0.224 e. The number of fused-ring (bicyclic) bond motifs is 1. The molecule has 2 N–H and O–H groups in total. The van der Waals surface area contributed by atoms with Gasteiger partial charge in [0.25, 0.3) is 0 Å². The summed E-state index contributed by atoms with van der Waals surface area (Å²) in [4.78, 5) is 11.1. The van der Waals surface area contributed by atoms with E-state index in [1.807, 2.05) is 18.3 Å². The van der Waals surface area contributed by atoms with Crippen LogP contribution in [0.5, 0.6) is 0 Å². The third-order valence-electron chi connectivity index (χ3n) is 4.48. The minimum Gasteiger partial charge on any atom is -0.374 e. The SMILES string of the molecule is Nc1nc(N2CCO[C@H]3CCCC[C@H]32)cc(-n2cccn2)n1. The number of anilines is 2. The Morgan fingerprint density at radius 2 is 2.05 bits per heavy atom. The standard InChI is InChI=1S/C15H20N6O/c16-15-18-13(10-14(19-15)21-7-3-6-17-21)20-8-9-22-12-5-2-1-4-11(12)20/h3,6-7,10-12H,1-2,4-5,8-9H2,(H2,16,18,19)/t11-,12+/m1/s1. The van der Waals surface area contributed by atoms with Gasteiger partial charge in [-0.15, -0.1) is 0 Å². The molecule has 2 atom stereocenters. The molecular formula is C15H20N6O. The van der Waals surface area contributed by atoms with Crippen molar-refractivity contribution < 1.29 is 4.74 Å². The first-order valence-corrected chi connectivity index (χ1v) is 7.84. The highest BCUT2D eigenvalue weighted by Gasteiger charge is 2.35. The van der Waals surface area contributed by atoms with Crippen LogP contribution >= 0.6 is 0 Å². The maximum atomic E-state index is 5.93. The van der Waals surface area contributed by atoms with E-state index in [4.69, 9.17) is 10.5 Å². The third-order valence-corrected chi connectivity index (χ3v) is 4.48. The Morgan fingerprint density at radius 1 is 1.18 bits per heavy atom. The zero-order valence-electron chi connectivity index (χ0n) is 12.4. The van der Waals surface area contributed by atoms with E-state index in [2.05, 4.69) is 20.0 Å². The molecule has 4 rings (SSSR count). The fraction of sp³-hybridized carbons (Fsp3) is 0.533. The number of nitrogen functional groups attached to an aromatic ring is 1. The van der Waals surface area contributed by atoms with Gasteiger partial charge >= 0.3 is 0 Å². The van der Waals surface area contributed by atoms with Crippen LogP contribution in [-0.4, -0.2) is 45.0 Å². The summed E-state index contributed by atoms with van der Waals surface area (Å²) in [6.07, 6.45) is 8.66. The summed E-state index contributed by atoms with van der Waals surface area (Å²) in [7, 11) is 0. The highest BCUT2D eigenvalue weighted by atomic mass is 16.5. The van der Waals surface area contributed by atoms with Crippen molar-refractivity contribution in [2.75, 3.05) is 23.8 Å². The fourth-order valence-corrected chi connectivity index (χ4v) is 3.49. The molecule has 0 bridgehead atoms. The van der Waals surface area contributed by atoms with Gasteiger partial charge in [-0.25, -0.2) is 4.68 Å². The third kappa shape index (κ3) is 2.41. The van der Waals surface area contributed by atoms with E-state index in [0.29, 0.717) is 18.0 Å². The van der Waals surface area contributed by atoms with Gasteiger partial charge in [-0.05, 0) is 18.9 Å². The lowest BCUT2D eigenvalue weighted by Gasteiger charge is -2.44. The van der Waals surface area contributed by atoms with E-state index >= 15 is 0 Å². The summed E-state index contributed by atoms with van der Waals surface area (Å²) in [6, 6.07) is 4.21. The molecule has 0 unspecified atom stereocenters. The van der Waals surface area contributed by atoms with Crippen molar-refractivity contribution in [1.82, 2.24) is 19.7 Å². The van der Waals surface area contributed by atoms with E-state index in [1.165, 1.54) is 12.8 Å². The molecule has 2 aliphatic rings. The molecule has 1 aliphatic carbocycles. The summed E-state index contributed by atoms with van der Waals surface area (Å²) in [6.45, 7) is 1.58. The van der Waals surface area contributed by atoms with Crippen LogP contribution in [0, 0.1) is 0 Å². The van der Waals surface area contributed by atoms with Crippen molar-refractivity contribution >= 4 is 11.8 Å². The smallest absolute Gasteiger partial charge is 0.224 e. The van der Waals surface area contributed by atoms with Crippen LogP contribution < -0.4 is 10.6 Å². The van der Waals surface area contributed by atoms with Gasteiger partial charge in [0.15, 0.2) is 5.82 Å². The van der Waals surface area contributed by atoms with Gasteiger partial charge in [-0.1, -0.05) is 12.8 Å². The first kappa shape index (κ1) is 13.5.